The Morgan fingerprint density at radius 1 is 0.667 bits per heavy atom. The molecule has 0 fully saturated rings. The van der Waals surface area contributed by atoms with Gasteiger partial charge in [-0.1, -0.05) is 112 Å². The second-order valence-electron chi connectivity index (χ2n) is 6.54. The van der Waals surface area contributed by atoms with Crippen LogP contribution in [0.25, 0.3) is 0 Å². The first-order valence-electron chi connectivity index (χ1n) is 8.18. The van der Waals surface area contributed by atoms with Gasteiger partial charge in [0.2, 0.25) is 0 Å². The molecule has 0 N–H and O–H groups in total. The minimum Gasteiger partial charge on any atom is -0.0864 e. The first kappa shape index (κ1) is 18.9. The standard InChI is InChI=1S/C16H35ISi/c1-4-5-6-7-8-9-10-12-15-18(2,3)16-13-11-14-17/h4-16H2,1-3H3. The average Bonchev–Trinajstić information content (AvgIpc) is 2.33. The molecule has 0 aliphatic rings. The maximum Gasteiger partial charge on any atom is 0.0473 e. The molecule has 18 heavy (non-hydrogen) atoms. The molecule has 0 nitrogen and oxygen atoms in total. The highest BCUT2D eigenvalue weighted by Gasteiger charge is 2.18. The van der Waals surface area contributed by atoms with Gasteiger partial charge in [-0.15, -0.1) is 0 Å². The fourth-order valence-electron chi connectivity index (χ4n) is 2.56. The van der Waals surface area contributed by atoms with Crippen molar-refractivity contribution in [1.29, 1.82) is 0 Å². The van der Waals surface area contributed by atoms with Gasteiger partial charge in [-0.3, -0.25) is 0 Å². The topological polar surface area (TPSA) is 0 Å². The molecule has 0 rings (SSSR count). The Hall–Kier alpha value is 0.947. The van der Waals surface area contributed by atoms with Crippen molar-refractivity contribution in [2.75, 3.05) is 4.43 Å². The van der Waals surface area contributed by atoms with Gasteiger partial charge in [0.25, 0.3) is 0 Å². The van der Waals surface area contributed by atoms with E-state index in [1.165, 1.54) is 68.6 Å². The number of unbranched alkanes of at least 4 members (excludes halogenated alkanes) is 8. The van der Waals surface area contributed by atoms with Gasteiger partial charge >= 0.3 is 0 Å². The molecule has 0 bridgehead atoms. The molecule has 0 unspecified atom stereocenters. The molecule has 0 aromatic heterocycles. The molecule has 0 radical (unpaired) electrons. The van der Waals surface area contributed by atoms with Crippen molar-refractivity contribution in [1.82, 2.24) is 0 Å². The summed E-state index contributed by atoms with van der Waals surface area (Å²) >= 11 is 2.51. The molecule has 0 aliphatic carbocycles. The lowest BCUT2D eigenvalue weighted by molar-refractivity contribution is 0.583. The predicted molar refractivity (Wildman–Crippen MR) is 97.8 cm³/mol. The number of alkyl halides is 1. The van der Waals surface area contributed by atoms with E-state index in [4.69, 9.17) is 0 Å². The Morgan fingerprint density at radius 2 is 1.11 bits per heavy atom. The van der Waals surface area contributed by atoms with E-state index in [1.807, 2.05) is 0 Å². The summed E-state index contributed by atoms with van der Waals surface area (Å²) in [6, 6.07) is 3.13. The summed E-state index contributed by atoms with van der Waals surface area (Å²) in [7, 11) is -0.825. The quantitative estimate of drug-likeness (QED) is 0.139. The van der Waals surface area contributed by atoms with Crippen LogP contribution < -0.4 is 0 Å². The highest BCUT2D eigenvalue weighted by molar-refractivity contribution is 14.1. The molecular formula is C16H35ISi. The van der Waals surface area contributed by atoms with E-state index in [9.17, 15) is 0 Å². The molecule has 0 amide bonds. The lowest BCUT2D eigenvalue weighted by Gasteiger charge is -2.22. The summed E-state index contributed by atoms with van der Waals surface area (Å²) < 4.78 is 1.35. The molecule has 0 heterocycles. The summed E-state index contributed by atoms with van der Waals surface area (Å²) in [5.74, 6) is 0. The van der Waals surface area contributed by atoms with Gasteiger partial charge < -0.3 is 0 Å². The summed E-state index contributed by atoms with van der Waals surface area (Å²) in [6.07, 6.45) is 14.7. The Kier molecular flexibility index (Phi) is 13.6. The molecule has 0 saturated carbocycles. The summed E-state index contributed by atoms with van der Waals surface area (Å²) in [5, 5.41) is 0. The van der Waals surface area contributed by atoms with Gasteiger partial charge in [-0.05, 0) is 10.8 Å². The zero-order valence-electron chi connectivity index (χ0n) is 13.1. The minimum absolute atomic E-state index is 0.825. The lowest BCUT2D eigenvalue weighted by atomic mass is 10.1. The molecule has 0 atom stereocenters. The van der Waals surface area contributed by atoms with Crippen molar-refractivity contribution in [2.45, 2.75) is 96.3 Å². The van der Waals surface area contributed by atoms with E-state index >= 15 is 0 Å². The molecular weight excluding hydrogens is 347 g/mol. The average molecular weight is 382 g/mol. The van der Waals surface area contributed by atoms with Crippen LogP contribution in [0, 0.1) is 0 Å². The zero-order valence-corrected chi connectivity index (χ0v) is 16.2. The number of hydrogen-bond donors (Lipinski definition) is 0. The monoisotopic (exact) mass is 382 g/mol. The smallest absolute Gasteiger partial charge is 0.0473 e. The lowest BCUT2D eigenvalue weighted by Crippen LogP contribution is -2.24. The number of hydrogen-bond acceptors (Lipinski definition) is 0. The third kappa shape index (κ3) is 13.4. The Labute approximate surface area is 131 Å². The van der Waals surface area contributed by atoms with Crippen LogP contribution in [0.4, 0.5) is 0 Å². The zero-order chi connectivity index (χ0) is 13.7. The number of rotatable bonds is 13. The molecule has 0 aromatic rings. The van der Waals surface area contributed by atoms with Gasteiger partial charge in [0.1, 0.15) is 0 Å². The second kappa shape index (κ2) is 13.0. The van der Waals surface area contributed by atoms with E-state index in [-0.39, 0.29) is 0 Å². The molecule has 0 spiro atoms. The molecule has 0 aromatic carbocycles. The maximum absolute atomic E-state index is 2.60. The van der Waals surface area contributed by atoms with Crippen LogP contribution in [0.1, 0.15) is 71.1 Å². The van der Waals surface area contributed by atoms with Crippen LogP contribution in [0.2, 0.25) is 25.2 Å². The fourth-order valence-corrected chi connectivity index (χ4v) is 5.76. The molecule has 2 heteroatoms. The Bertz CT molecular complexity index is 168. The van der Waals surface area contributed by atoms with Gasteiger partial charge in [-0.2, -0.15) is 0 Å². The minimum atomic E-state index is -0.825. The van der Waals surface area contributed by atoms with Crippen molar-refractivity contribution < 1.29 is 0 Å². The largest absolute Gasteiger partial charge is 0.0864 e. The van der Waals surface area contributed by atoms with Crippen LogP contribution in [-0.4, -0.2) is 12.5 Å². The second-order valence-corrected chi connectivity index (χ2v) is 12.9. The van der Waals surface area contributed by atoms with Crippen LogP contribution in [-0.2, 0) is 0 Å². The van der Waals surface area contributed by atoms with Crippen molar-refractivity contribution >= 4 is 30.7 Å². The SMILES string of the molecule is CCCCCCCCCC[Si](C)(C)CCCCI. The Morgan fingerprint density at radius 3 is 1.61 bits per heavy atom. The fraction of sp³-hybridized carbons (Fsp3) is 1.00. The van der Waals surface area contributed by atoms with E-state index in [2.05, 4.69) is 42.6 Å². The molecule has 110 valence electrons. The number of halogens is 1. The van der Waals surface area contributed by atoms with Crippen molar-refractivity contribution in [3.8, 4) is 0 Å². The normalized spacial score (nSPS) is 12.0. The summed E-state index contributed by atoms with van der Waals surface area (Å²) in [4.78, 5) is 0. The highest BCUT2D eigenvalue weighted by Crippen LogP contribution is 2.22. The third-order valence-corrected chi connectivity index (χ3v) is 8.12. The Balaban J connectivity index is 3.30. The van der Waals surface area contributed by atoms with Crippen molar-refractivity contribution in [3.05, 3.63) is 0 Å². The molecule has 0 saturated heterocycles. The van der Waals surface area contributed by atoms with E-state index in [0.717, 1.165) is 0 Å². The van der Waals surface area contributed by atoms with Crippen molar-refractivity contribution in [3.63, 3.8) is 0 Å². The third-order valence-electron chi connectivity index (χ3n) is 3.94. The first-order chi connectivity index (χ1) is 8.62. The van der Waals surface area contributed by atoms with Crippen LogP contribution in [0.3, 0.4) is 0 Å². The van der Waals surface area contributed by atoms with Gasteiger partial charge in [0, 0.05) is 8.07 Å². The van der Waals surface area contributed by atoms with E-state index < -0.39 is 8.07 Å². The van der Waals surface area contributed by atoms with Gasteiger partial charge in [0.15, 0.2) is 0 Å². The summed E-state index contributed by atoms with van der Waals surface area (Å²) in [6.45, 7) is 7.49. The van der Waals surface area contributed by atoms with Gasteiger partial charge in [0.05, 0.1) is 0 Å². The maximum atomic E-state index is 2.60. The van der Waals surface area contributed by atoms with E-state index in [1.54, 1.807) is 12.1 Å². The first-order valence-corrected chi connectivity index (χ1v) is 13.1. The predicted octanol–water partition coefficient (Wildman–Crippen LogP) is 7.05. The van der Waals surface area contributed by atoms with E-state index in [0.29, 0.717) is 0 Å². The van der Waals surface area contributed by atoms with Crippen molar-refractivity contribution in [2.24, 2.45) is 0 Å². The van der Waals surface area contributed by atoms with Gasteiger partial charge in [-0.25, -0.2) is 0 Å². The molecule has 0 aliphatic heterocycles. The van der Waals surface area contributed by atoms with Crippen LogP contribution in [0.5, 0.6) is 0 Å². The highest BCUT2D eigenvalue weighted by atomic mass is 127. The summed E-state index contributed by atoms with van der Waals surface area (Å²) in [5.41, 5.74) is 0. The van der Waals surface area contributed by atoms with Crippen LogP contribution in [0.15, 0.2) is 0 Å². The van der Waals surface area contributed by atoms with Crippen LogP contribution >= 0.6 is 22.6 Å².